The molecule has 3 heterocycles. The molecule has 1 amide bonds. The molecule has 0 bridgehead atoms. The molecule has 0 saturated carbocycles. The van der Waals surface area contributed by atoms with Crippen LogP contribution in [0.1, 0.15) is 110 Å². The van der Waals surface area contributed by atoms with Crippen LogP contribution in [0.15, 0.2) is 36.5 Å². The molecule has 17 atom stereocenters. The van der Waals surface area contributed by atoms with Gasteiger partial charge in [0.05, 0.1) is 38.6 Å². The molecule has 17 unspecified atom stereocenters. The number of amides is 1. The van der Waals surface area contributed by atoms with E-state index in [9.17, 15) is 61.0 Å². The molecule has 3 rings (SSSR count). The number of allylic oxidation sites excluding steroid dienone is 5. The van der Waals surface area contributed by atoms with Gasteiger partial charge < -0.3 is 89.9 Å². The van der Waals surface area contributed by atoms with Crippen molar-refractivity contribution < 1.29 is 89.4 Å². The Balaban J connectivity index is 1.53. The van der Waals surface area contributed by atoms with Crippen molar-refractivity contribution in [2.75, 3.05) is 26.4 Å². The van der Waals surface area contributed by atoms with E-state index < -0.39 is 124 Å². The fourth-order valence-electron chi connectivity index (χ4n) is 7.67. The first kappa shape index (κ1) is 56.3. The van der Waals surface area contributed by atoms with Gasteiger partial charge in [-0.2, -0.15) is 0 Å². The Bertz CT molecular complexity index is 1340. The van der Waals surface area contributed by atoms with E-state index in [1.54, 1.807) is 12.2 Å². The molecule has 12 N–H and O–H groups in total. The molecular weight excluding hydrogens is 842 g/mol. The number of hydrogen-bond donors (Lipinski definition) is 12. The summed E-state index contributed by atoms with van der Waals surface area (Å²) in [6, 6.07) is -0.973. The summed E-state index contributed by atoms with van der Waals surface area (Å²) in [6.45, 7) is 1.45. The Labute approximate surface area is 377 Å². The van der Waals surface area contributed by atoms with Gasteiger partial charge in [0, 0.05) is 6.42 Å². The molecule has 3 saturated heterocycles. The lowest BCUT2D eigenvalue weighted by atomic mass is 9.96. The van der Waals surface area contributed by atoms with E-state index in [2.05, 4.69) is 36.5 Å². The van der Waals surface area contributed by atoms with Gasteiger partial charge in [0.15, 0.2) is 18.9 Å². The lowest BCUT2D eigenvalue weighted by Gasteiger charge is -2.48. The van der Waals surface area contributed by atoms with Crippen LogP contribution in [-0.2, 0) is 33.2 Å². The molecule has 0 aliphatic carbocycles. The second kappa shape index (κ2) is 31.1. The summed E-state index contributed by atoms with van der Waals surface area (Å²) >= 11 is 0. The Morgan fingerprint density at radius 2 is 1.05 bits per heavy atom. The predicted molar refractivity (Wildman–Crippen MR) is 231 cm³/mol. The summed E-state index contributed by atoms with van der Waals surface area (Å²) < 4.78 is 33.8. The van der Waals surface area contributed by atoms with Gasteiger partial charge in [-0.15, -0.1) is 0 Å². The second-order valence-corrected chi connectivity index (χ2v) is 16.9. The summed E-state index contributed by atoms with van der Waals surface area (Å²) in [5.74, 6) is -0.303. The summed E-state index contributed by atoms with van der Waals surface area (Å²) in [5, 5.41) is 119. The average Bonchev–Trinajstić information content (AvgIpc) is 3.29. The van der Waals surface area contributed by atoms with Crippen molar-refractivity contribution in [3.05, 3.63) is 36.5 Å². The Kier molecular flexibility index (Phi) is 27.4. The van der Waals surface area contributed by atoms with E-state index in [1.165, 1.54) is 19.3 Å². The third-order valence-corrected chi connectivity index (χ3v) is 11.7. The van der Waals surface area contributed by atoms with Gasteiger partial charge in [-0.05, 0) is 44.9 Å². The number of aliphatic hydroxyl groups is 11. The average molecular weight is 922 g/mol. The van der Waals surface area contributed by atoms with E-state index >= 15 is 0 Å². The maximum atomic E-state index is 13.0. The fraction of sp³-hybridized carbons (Fsp3) is 0.844. The third-order valence-electron chi connectivity index (χ3n) is 11.7. The van der Waals surface area contributed by atoms with Crippen molar-refractivity contribution in [3.8, 4) is 0 Å². The van der Waals surface area contributed by atoms with Crippen LogP contribution in [0.25, 0.3) is 0 Å². The number of carbonyl (C=O) groups is 1. The molecule has 0 radical (unpaired) electrons. The van der Waals surface area contributed by atoms with Gasteiger partial charge in [0.2, 0.25) is 5.91 Å². The summed E-state index contributed by atoms with van der Waals surface area (Å²) in [4.78, 5) is 13.0. The number of carbonyl (C=O) groups excluding carboxylic acids is 1. The van der Waals surface area contributed by atoms with Crippen LogP contribution in [0.4, 0.5) is 0 Å². The highest BCUT2D eigenvalue weighted by Gasteiger charge is 2.53. The van der Waals surface area contributed by atoms with Crippen molar-refractivity contribution in [2.24, 2.45) is 0 Å². The molecular formula is C45H79NO18. The van der Waals surface area contributed by atoms with Crippen molar-refractivity contribution in [1.29, 1.82) is 0 Å². The quantitative estimate of drug-likeness (QED) is 0.0330. The molecule has 0 aromatic rings. The lowest BCUT2D eigenvalue weighted by Crippen LogP contribution is -2.66. The van der Waals surface area contributed by atoms with Crippen LogP contribution in [0.3, 0.4) is 0 Å². The van der Waals surface area contributed by atoms with Crippen LogP contribution >= 0.6 is 0 Å². The van der Waals surface area contributed by atoms with Crippen molar-refractivity contribution in [3.63, 3.8) is 0 Å². The first-order chi connectivity index (χ1) is 30.8. The second-order valence-electron chi connectivity index (χ2n) is 16.9. The van der Waals surface area contributed by atoms with E-state index in [-0.39, 0.29) is 18.9 Å². The van der Waals surface area contributed by atoms with Gasteiger partial charge in [-0.1, -0.05) is 95.2 Å². The summed E-state index contributed by atoms with van der Waals surface area (Å²) in [5.41, 5.74) is 0. The lowest BCUT2D eigenvalue weighted by molar-refractivity contribution is -0.379. The van der Waals surface area contributed by atoms with Crippen LogP contribution in [-0.4, -0.2) is 193 Å². The highest BCUT2D eigenvalue weighted by atomic mass is 16.8. The molecule has 0 aromatic carbocycles. The van der Waals surface area contributed by atoms with Crippen LogP contribution in [0.2, 0.25) is 0 Å². The minimum atomic E-state index is -1.98. The summed E-state index contributed by atoms with van der Waals surface area (Å²) in [6.07, 6.45) is -0.349. The maximum Gasteiger partial charge on any atom is 0.220 e. The number of aliphatic hydroxyl groups excluding tert-OH is 11. The normalized spacial score (nSPS) is 34.8. The monoisotopic (exact) mass is 922 g/mol. The van der Waals surface area contributed by atoms with Gasteiger partial charge in [-0.25, -0.2) is 0 Å². The molecule has 19 heteroatoms. The standard InChI is InChI=1S/C45H79NO18/c1-3-5-7-9-10-11-12-13-14-15-16-17-18-19-21-23-33(51)46-28(29(50)22-20-8-6-4-2)27-59-43-39(57)36(54)41(31(25-48)61-43)64-45-40(58)37(55)42(32(26-49)62-45)63-44-38(56)35(53)34(52)30(24-47)60-44/h10-11,13-14,20,22,28-32,34-45,47-50,52-58H,3-9,12,15-19,21,23-27H2,1-2H3,(H,46,51)/b11-10-,14-13-,22-20+. The van der Waals surface area contributed by atoms with Crippen LogP contribution in [0, 0.1) is 0 Å². The maximum absolute atomic E-state index is 13.0. The SMILES string of the molecule is CCCC/C=C/C(O)C(COC1OC(CO)C(OC2OC(CO)C(OC3OC(CO)C(O)C(O)C3O)C(O)C2O)C(O)C1O)NC(=O)CCCCCCC/C=C\C/C=C\CCCCC. The van der Waals surface area contributed by atoms with Gasteiger partial charge in [-0.3, -0.25) is 4.79 Å². The zero-order valence-corrected chi connectivity index (χ0v) is 37.5. The van der Waals surface area contributed by atoms with Crippen molar-refractivity contribution in [1.82, 2.24) is 5.32 Å². The van der Waals surface area contributed by atoms with E-state index in [0.29, 0.717) is 12.8 Å². The molecule has 64 heavy (non-hydrogen) atoms. The number of rotatable bonds is 30. The van der Waals surface area contributed by atoms with Gasteiger partial charge in [0.25, 0.3) is 0 Å². The zero-order chi connectivity index (χ0) is 47.0. The van der Waals surface area contributed by atoms with Crippen molar-refractivity contribution >= 4 is 5.91 Å². The highest BCUT2D eigenvalue weighted by Crippen LogP contribution is 2.33. The van der Waals surface area contributed by atoms with Crippen LogP contribution < -0.4 is 5.32 Å². The highest BCUT2D eigenvalue weighted by molar-refractivity contribution is 5.76. The topological polar surface area (TPSA) is 307 Å². The Hall–Kier alpha value is -1.99. The first-order valence-corrected chi connectivity index (χ1v) is 23.2. The fourth-order valence-corrected chi connectivity index (χ4v) is 7.67. The smallest absolute Gasteiger partial charge is 0.220 e. The molecule has 372 valence electrons. The number of hydrogen-bond acceptors (Lipinski definition) is 18. The molecule has 3 aliphatic rings. The first-order valence-electron chi connectivity index (χ1n) is 23.2. The van der Waals surface area contributed by atoms with E-state index in [0.717, 1.165) is 57.8 Å². The van der Waals surface area contributed by atoms with E-state index in [4.69, 9.17) is 28.4 Å². The molecule has 0 spiro atoms. The number of unbranched alkanes of at least 4 members (excludes halogenated alkanes) is 10. The minimum absolute atomic E-state index is 0.224. The Morgan fingerprint density at radius 3 is 1.62 bits per heavy atom. The third kappa shape index (κ3) is 17.9. The molecule has 0 aromatic heterocycles. The van der Waals surface area contributed by atoms with Gasteiger partial charge in [0.1, 0.15) is 73.2 Å². The zero-order valence-electron chi connectivity index (χ0n) is 37.5. The number of nitrogens with one attached hydrogen (secondary N) is 1. The van der Waals surface area contributed by atoms with E-state index in [1.807, 2.05) is 6.92 Å². The number of ether oxygens (including phenoxy) is 6. The molecule has 3 fully saturated rings. The molecule has 3 aliphatic heterocycles. The van der Waals surface area contributed by atoms with Gasteiger partial charge >= 0.3 is 0 Å². The Morgan fingerprint density at radius 1 is 0.562 bits per heavy atom. The largest absolute Gasteiger partial charge is 0.394 e. The predicted octanol–water partition coefficient (Wildman–Crippen LogP) is -0.143. The summed E-state index contributed by atoms with van der Waals surface area (Å²) in [7, 11) is 0. The molecule has 19 nitrogen and oxygen atoms in total. The van der Waals surface area contributed by atoms with Crippen molar-refractivity contribution in [2.45, 2.75) is 214 Å². The van der Waals surface area contributed by atoms with Crippen LogP contribution in [0.5, 0.6) is 0 Å². The minimum Gasteiger partial charge on any atom is -0.394 e.